The highest BCUT2D eigenvalue weighted by Gasteiger charge is 2.20. The van der Waals surface area contributed by atoms with Crippen LogP contribution >= 0.6 is 11.3 Å². The van der Waals surface area contributed by atoms with Gasteiger partial charge in [-0.1, -0.05) is 69.6 Å². The Morgan fingerprint density at radius 3 is 2.19 bits per heavy atom. The summed E-state index contributed by atoms with van der Waals surface area (Å²) in [4.78, 5) is 0. The maximum Gasteiger partial charge on any atom is 0.147 e. The monoisotopic (exact) mass is 386 g/mol. The second-order valence-corrected chi connectivity index (χ2v) is 9.21. The summed E-state index contributed by atoms with van der Waals surface area (Å²) in [5.41, 5.74) is 1.11. The number of hydrogen-bond donors (Lipinski definition) is 0. The molecule has 0 saturated heterocycles. The van der Waals surface area contributed by atoms with Crippen molar-refractivity contribution in [3.63, 3.8) is 0 Å². The topological polar surface area (TPSA) is 35.0 Å². The van der Waals surface area contributed by atoms with Crippen LogP contribution in [0.25, 0.3) is 10.6 Å². The van der Waals surface area contributed by atoms with E-state index in [0.717, 1.165) is 39.8 Å². The molecular weight excluding hydrogens is 352 g/mol. The molecule has 1 heterocycles. The number of rotatable bonds is 10. The third-order valence-electron chi connectivity index (χ3n) is 5.83. The van der Waals surface area contributed by atoms with E-state index in [4.69, 9.17) is 4.74 Å². The van der Waals surface area contributed by atoms with Crippen molar-refractivity contribution in [3.8, 4) is 16.3 Å². The molecule has 1 aliphatic rings. The number of nitrogens with zero attached hydrogens (tertiary/aromatic N) is 2. The first-order chi connectivity index (χ1) is 13.2. The van der Waals surface area contributed by atoms with Crippen LogP contribution in [0.1, 0.15) is 76.1 Å². The Hall–Kier alpha value is -1.42. The molecule has 0 spiro atoms. The van der Waals surface area contributed by atoms with Crippen molar-refractivity contribution in [1.29, 1.82) is 0 Å². The van der Waals surface area contributed by atoms with Gasteiger partial charge in [-0.3, -0.25) is 0 Å². The van der Waals surface area contributed by atoms with Gasteiger partial charge in [-0.15, -0.1) is 10.2 Å². The molecule has 0 unspecified atom stereocenters. The molecule has 1 aliphatic carbocycles. The summed E-state index contributed by atoms with van der Waals surface area (Å²) in [6.45, 7) is 5.11. The summed E-state index contributed by atoms with van der Waals surface area (Å²) in [5.74, 6) is 2.90. The number of aromatic nitrogens is 2. The predicted molar refractivity (Wildman–Crippen MR) is 114 cm³/mol. The van der Waals surface area contributed by atoms with E-state index in [9.17, 15) is 0 Å². The number of ether oxygens (including phenoxy) is 1. The zero-order valence-corrected chi connectivity index (χ0v) is 17.8. The van der Waals surface area contributed by atoms with Crippen LogP contribution in [0.4, 0.5) is 0 Å². The highest BCUT2D eigenvalue weighted by Crippen LogP contribution is 2.34. The summed E-state index contributed by atoms with van der Waals surface area (Å²) in [7, 11) is 0. The lowest BCUT2D eigenvalue weighted by Crippen LogP contribution is -2.15. The van der Waals surface area contributed by atoms with Crippen molar-refractivity contribution >= 4 is 11.3 Å². The quantitative estimate of drug-likeness (QED) is 0.410. The lowest BCUT2D eigenvalue weighted by atomic mass is 9.78. The molecule has 4 heteroatoms. The fourth-order valence-electron chi connectivity index (χ4n) is 4.16. The molecule has 148 valence electrons. The Kier molecular flexibility index (Phi) is 8.12. The third-order valence-corrected chi connectivity index (χ3v) is 6.72. The maximum absolute atomic E-state index is 5.95. The number of unbranched alkanes of at least 4 members (excludes halogenated alkanes) is 2. The molecule has 3 rings (SSSR count). The molecule has 0 atom stereocenters. The lowest BCUT2D eigenvalue weighted by molar-refractivity contribution is 0.228. The highest BCUT2D eigenvalue weighted by molar-refractivity contribution is 7.14. The summed E-state index contributed by atoms with van der Waals surface area (Å²) >= 11 is 1.63. The van der Waals surface area contributed by atoms with E-state index in [0.29, 0.717) is 0 Å². The summed E-state index contributed by atoms with van der Waals surface area (Å²) in [6.07, 6.45) is 14.0. The van der Waals surface area contributed by atoms with E-state index >= 15 is 0 Å². The minimum absolute atomic E-state index is 0.827. The molecule has 0 N–H and O–H groups in total. The van der Waals surface area contributed by atoms with Crippen molar-refractivity contribution in [2.75, 3.05) is 6.61 Å². The van der Waals surface area contributed by atoms with Gasteiger partial charge in [-0.05, 0) is 55.9 Å². The SMILES string of the molecule is CCCCC[C@H]1CC[C@H](CCCOc2ccc(-c3nnc(C)s3)cc2)CC1. The molecule has 27 heavy (non-hydrogen) atoms. The summed E-state index contributed by atoms with van der Waals surface area (Å²) in [5, 5.41) is 10.3. The molecule has 0 radical (unpaired) electrons. The van der Waals surface area contributed by atoms with Gasteiger partial charge in [-0.2, -0.15) is 0 Å². The Bertz CT molecular complexity index is 659. The van der Waals surface area contributed by atoms with E-state index in [2.05, 4.69) is 29.3 Å². The van der Waals surface area contributed by atoms with Crippen molar-refractivity contribution in [1.82, 2.24) is 10.2 Å². The Balaban J connectivity index is 1.30. The lowest BCUT2D eigenvalue weighted by Gasteiger charge is -2.28. The van der Waals surface area contributed by atoms with E-state index in [-0.39, 0.29) is 0 Å². The standard InChI is InChI=1S/C23H34N2OS/c1-3-4-5-7-19-9-11-20(12-10-19)8-6-17-26-22-15-13-21(14-16-22)23-25-24-18(2)27-23/h13-16,19-20H,3-12,17H2,1-2H3/t19-,20-. The van der Waals surface area contributed by atoms with Gasteiger partial charge in [0.15, 0.2) is 0 Å². The van der Waals surface area contributed by atoms with Gasteiger partial charge >= 0.3 is 0 Å². The Labute approximate surface area is 168 Å². The van der Waals surface area contributed by atoms with Gasteiger partial charge in [0.25, 0.3) is 0 Å². The second-order valence-electron chi connectivity index (χ2n) is 8.02. The third kappa shape index (κ3) is 6.60. The molecule has 1 aromatic heterocycles. The van der Waals surface area contributed by atoms with Crippen LogP contribution in [-0.2, 0) is 0 Å². The van der Waals surface area contributed by atoms with E-state index in [1.807, 2.05) is 19.1 Å². The van der Waals surface area contributed by atoms with Gasteiger partial charge in [0.1, 0.15) is 15.8 Å². The number of aryl methyl sites for hydroxylation is 1. The first kappa shape index (κ1) is 20.3. The number of benzene rings is 1. The van der Waals surface area contributed by atoms with E-state index in [1.165, 1.54) is 64.2 Å². The largest absolute Gasteiger partial charge is 0.494 e. The highest BCUT2D eigenvalue weighted by atomic mass is 32.1. The van der Waals surface area contributed by atoms with Gasteiger partial charge in [-0.25, -0.2) is 0 Å². The molecule has 1 aromatic carbocycles. The van der Waals surface area contributed by atoms with Crippen molar-refractivity contribution in [2.24, 2.45) is 11.8 Å². The van der Waals surface area contributed by atoms with Crippen molar-refractivity contribution in [3.05, 3.63) is 29.3 Å². The van der Waals surface area contributed by atoms with E-state index in [1.54, 1.807) is 11.3 Å². The van der Waals surface area contributed by atoms with Crippen LogP contribution in [0.5, 0.6) is 5.75 Å². The van der Waals surface area contributed by atoms with Crippen LogP contribution in [0.3, 0.4) is 0 Å². The fraction of sp³-hybridized carbons (Fsp3) is 0.652. The van der Waals surface area contributed by atoms with Crippen LogP contribution < -0.4 is 4.74 Å². The van der Waals surface area contributed by atoms with Gasteiger partial charge in [0, 0.05) is 5.56 Å². The smallest absolute Gasteiger partial charge is 0.147 e. The summed E-state index contributed by atoms with van der Waals surface area (Å²) in [6, 6.07) is 8.26. The molecule has 0 aliphatic heterocycles. The predicted octanol–water partition coefficient (Wildman–Crippen LogP) is 7.06. The number of hydrogen-bond acceptors (Lipinski definition) is 4. The normalized spacial score (nSPS) is 19.9. The molecule has 1 saturated carbocycles. The Morgan fingerprint density at radius 2 is 1.59 bits per heavy atom. The second kappa shape index (κ2) is 10.8. The molecule has 0 amide bonds. The maximum atomic E-state index is 5.95. The van der Waals surface area contributed by atoms with E-state index < -0.39 is 0 Å². The molecular formula is C23H34N2OS. The minimum Gasteiger partial charge on any atom is -0.494 e. The molecule has 3 nitrogen and oxygen atoms in total. The van der Waals surface area contributed by atoms with Crippen LogP contribution in [0, 0.1) is 18.8 Å². The zero-order valence-electron chi connectivity index (χ0n) is 17.0. The summed E-state index contributed by atoms with van der Waals surface area (Å²) < 4.78 is 5.95. The first-order valence-corrected chi connectivity index (χ1v) is 11.6. The van der Waals surface area contributed by atoms with Crippen molar-refractivity contribution < 1.29 is 4.74 Å². The average molecular weight is 387 g/mol. The zero-order chi connectivity index (χ0) is 18.9. The van der Waals surface area contributed by atoms with Gasteiger partial charge in [0.05, 0.1) is 6.61 Å². The van der Waals surface area contributed by atoms with Crippen LogP contribution in [0.15, 0.2) is 24.3 Å². The molecule has 2 aromatic rings. The molecule has 0 bridgehead atoms. The fourth-order valence-corrected chi connectivity index (χ4v) is 4.86. The van der Waals surface area contributed by atoms with Crippen LogP contribution in [-0.4, -0.2) is 16.8 Å². The van der Waals surface area contributed by atoms with Crippen LogP contribution in [0.2, 0.25) is 0 Å². The average Bonchev–Trinajstić information content (AvgIpc) is 3.13. The minimum atomic E-state index is 0.827. The van der Waals surface area contributed by atoms with Gasteiger partial charge < -0.3 is 4.74 Å². The first-order valence-electron chi connectivity index (χ1n) is 10.8. The molecule has 1 fully saturated rings. The van der Waals surface area contributed by atoms with Gasteiger partial charge in [0.2, 0.25) is 0 Å². The van der Waals surface area contributed by atoms with Crippen molar-refractivity contribution in [2.45, 2.75) is 78.1 Å². The Morgan fingerprint density at radius 1 is 0.926 bits per heavy atom.